The summed E-state index contributed by atoms with van der Waals surface area (Å²) in [6.45, 7) is 1.52. The number of sulfonamides is 1. The van der Waals surface area contributed by atoms with Gasteiger partial charge in [-0.25, -0.2) is 14.7 Å². The lowest BCUT2D eigenvalue weighted by molar-refractivity contribution is 0.0975. The molecule has 0 aliphatic rings. The van der Waals surface area contributed by atoms with Crippen molar-refractivity contribution < 1.29 is 17.6 Å². The molecule has 126 valence electrons. The highest BCUT2D eigenvalue weighted by Crippen LogP contribution is 2.22. The van der Waals surface area contributed by atoms with Gasteiger partial charge in [0.2, 0.25) is 10.2 Å². The van der Waals surface area contributed by atoms with E-state index in [1.54, 1.807) is 17.9 Å². The fourth-order valence-corrected chi connectivity index (χ4v) is 4.36. The Morgan fingerprint density at radius 1 is 1.42 bits per heavy atom. The average molecular weight is 432 g/mol. The molecule has 0 bridgehead atoms. The Balaban J connectivity index is 1.87. The number of carbonyl (C=O) groups is 1. The Hall–Kier alpha value is -2.05. The molecule has 0 unspecified atom stereocenters. The second kappa shape index (κ2) is 6.11. The molecule has 3 aromatic heterocycles. The summed E-state index contributed by atoms with van der Waals surface area (Å²) in [5.41, 5.74) is 0.458. The molecule has 12 heteroatoms. The first-order chi connectivity index (χ1) is 11.3. The third kappa shape index (κ3) is 3.25. The summed E-state index contributed by atoms with van der Waals surface area (Å²) in [4.78, 5) is 20.1. The van der Waals surface area contributed by atoms with Crippen LogP contribution < -0.4 is 4.72 Å². The van der Waals surface area contributed by atoms with E-state index in [2.05, 4.69) is 31.0 Å². The quantitative estimate of drug-likeness (QED) is 0.667. The van der Waals surface area contributed by atoms with Crippen LogP contribution in [0.25, 0.3) is 11.5 Å². The fraction of sp³-hybridized carbons (Fsp3) is 0.167. The van der Waals surface area contributed by atoms with Gasteiger partial charge in [0.1, 0.15) is 10.4 Å². The molecule has 0 aliphatic heterocycles. The second-order valence-electron chi connectivity index (χ2n) is 4.70. The first-order valence-electron chi connectivity index (χ1n) is 6.41. The second-order valence-corrected chi connectivity index (χ2v) is 8.22. The van der Waals surface area contributed by atoms with Crippen LogP contribution in [0.5, 0.6) is 0 Å². The predicted molar refractivity (Wildman–Crippen MR) is 87.9 cm³/mol. The van der Waals surface area contributed by atoms with Gasteiger partial charge in [0.05, 0.1) is 11.8 Å². The third-order valence-electron chi connectivity index (χ3n) is 2.88. The SMILES string of the molecule is Cc1oc(-c2cnn(C)c2)nc1C(=O)NS(=O)(=O)c1nc(Br)cs1. The molecular formula is C12H10BrN5O4S2. The zero-order valence-corrected chi connectivity index (χ0v) is 15.6. The van der Waals surface area contributed by atoms with E-state index in [0.717, 1.165) is 11.3 Å². The Kier molecular flexibility index (Phi) is 4.27. The molecule has 0 saturated heterocycles. The number of hydrogen-bond donors (Lipinski definition) is 1. The average Bonchev–Trinajstić information content (AvgIpc) is 3.18. The van der Waals surface area contributed by atoms with E-state index < -0.39 is 15.9 Å². The van der Waals surface area contributed by atoms with Crippen LogP contribution in [-0.2, 0) is 17.1 Å². The summed E-state index contributed by atoms with van der Waals surface area (Å²) >= 11 is 3.95. The maximum Gasteiger partial charge on any atom is 0.291 e. The highest BCUT2D eigenvalue weighted by Gasteiger charge is 2.26. The lowest BCUT2D eigenvalue weighted by atomic mass is 10.3. The monoisotopic (exact) mass is 431 g/mol. The minimum atomic E-state index is -4.08. The molecular weight excluding hydrogens is 422 g/mol. The number of halogens is 1. The number of nitrogens with one attached hydrogen (secondary N) is 1. The molecule has 0 fully saturated rings. The van der Waals surface area contributed by atoms with E-state index in [0.29, 0.717) is 10.2 Å². The minimum Gasteiger partial charge on any atom is -0.440 e. The molecule has 3 rings (SSSR count). The van der Waals surface area contributed by atoms with Crippen molar-refractivity contribution in [2.45, 2.75) is 11.3 Å². The molecule has 0 atom stereocenters. The van der Waals surface area contributed by atoms with Gasteiger partial charge in [0, 0.05) is 18.6 Å². The van der Waals surface area contributed by atoms with Gasteiger partial charge >= 0.3 is 0 Å². The molecule has 24 heavy (non-hydrogen) atoms. The number of nitrogens with zero attached hydrogens (tertiary/aromatic N) is 4. The summed E-state index contributed by atoms with van der Waals surface area (Å²) < 4.78 is 33.3. The first-order valence-corrected chi connectivity index (χ1v) is 9.56. The number of oxazole rings is 1. The number of rotatable bonds is 4. The van der Waals surface area contributed by atoms with Crippen molar-refractivity contribution in [3.05, 3.63) is 33.8 Å². The normalized spacial score (nSPS) is 11.6. The minimum absolute atomic E-state index is 0.118. The van der Waals surface area contributed by atoms with Crippen molar-refractivity contribution in [1.29, 1.82) is 0 Å². The van der Waals surface area contributed by atoms with Gasteiger partial charge < -0.3 is 4.42 Å². The van der Waals surface area contributed by atoms with Crippen LogP contribution >= 0.6 is 27.3 Å². The van der Waals surface area contributed by atoms with Crippen LogP contribution in [0, 0.1) is 6.92 Å². The maximum absolute atomic E-state index is 12.2. The van der Waals surface area contributed by atoms with Crippen molar-refractivity contribution in [3.8, 4) is 11.5 Å². The Labute approximate surface area is 148 Å². The number of aryl methyl sites for hydroxylation is 2. The van der Waals surface area contributed by atoms with Crippen molar-refractivity contribution in [2.75, 3.05) is 0 Å². The fourth-order valence-electron chi connectivity index (χ4n) is 1.84. The topological polar surface area (TPSA) is 120 Å². The molecule has 1 N–H and O–H groups in total. The smallest absolute Gasteiger partial charge is 0.291 e. The van der Waals surface area contributed by atoms with Crippen molar-refractivity contribution in [2.24, 2.45) is 7.05 Å². The Morgan fingerprint density at radius 3 is 2.75 bits per heavy atom. The Bertz CT molecular complexity index is 1020. The molecule has 0 radical (unpaired) electrons. The number of thiazole rings is 1. The van der Waals surface area contributed by atoms with Gasteiger partial charge in [-0.05, 0) is 22.9 Å². The summed E-state index contributed by atoms with van der Waals surface area (Å²) in [6.07, 6.45) is 3.19. The summed E-state index contributed by atoms with van der Waals surface area (Å²) in [7, 11) is -2.35. The van der Waals surface area contributed by atoms with Gasteiger partial charge in [-0.1, -0.05) is 0 Å². The molecule has 9 nitrogen and oxygen atoms in total. The largest absolute Gasteiger partial charge is 0.440 e. The molecule has 0 spiro atoms. The third-order valence-corrected chi connectivity index (χ3v) is 6.17. The lowest BCUT2D eigenvalue weighted by Gasteiger charge is -2.01. The number of hydrogen-bond acceptors (Lipinski definition) is 8. The van der Waals surface area contributed by atoms with Gasteiger partial charge in [0.25, 0.3) is 15.9 Å². The van der Waals surface area contributed by atoms with Crippen LogP contribution in [0.1, 0.15) is 16.2 Å². The van der Waals surface area contributed by atoms with E-state index in [4.69, 9.17) is 4.42 Å². The molecule has 0 aromatic carbocycles. The van der Waals surface area contributed by atoms with E-state index in [9.17, 15) is 13.2 Å². The maximum atomic E-state index is 12.2. The highest BCUT2D eigenvalue weighted by molar-refractivity contribution is 9.10. The summed E-state index contributed by atoms with van der Waals surface area (Å²) in [5, 5.41) is 5.49. The van der Waals surface area contributed by atoms with Gasteiger partial charge in [-0.2, -0.15) is 13.5 Å². The number of amides is 1. The summed E-state index contributed by atoms with van der Waals surface area (Å²) in [6, 6.07) is 0. The standard InChI is InChI=1S/C12H10BrN5O4S2/c1-6-9(16-11(22-6)7-3-14-18(2)4-7)10(19)17-24(20,21)12-15-8(13)5-23-12/h3-5H,1-2H3,(H,17,19). The van der Waals surface area contributed by atoms with Crippen LogP contribution in [0.2, 0.25) is 0 Å². The zero-order chi connectivity index (χ0) is 17.5. The molecule has 0 aliphatic carbocycles. The molecule has 3 heterocycles. The van der Waals surface area contributed by atoms with Crippen molar-refractivity contribution in [3.63, 3.8) is 0 Å². The Morgan fingerprint density at radius 2 is 2.17 bits per heavy atom. The molecule has 0 saturated carbocycles. The van der Waals surface area contributed by atoms with Crippen molar-refractivity contribution >= 4 is 43.2 Å². The van der Waals surface area contributed by atoms with E-state index in [-0.39, 0.29) is 21.7 Å². The lowest BCUT2D eigenvalue weighted by Crippen LogP contribution is -2.31. The van der Waals surface area contributed by atoms with Crippen LogP contribution in [0.4, 0.5) is 0 Å². The highest BCUT2D eigenvalue weighted by atomic mass is 79.9. The van der Waals surface area contributed by atoms with Gasteiger partial charge in [-0.15, -0.1) is 11.3 Å². The van der Waals surface area contributed by atoms with E-state index >= 15 is 0 Å². The summed E-state index contributed by atoms with van der Waals surface area (Å²) in [5.74, 6) is -0.514. The van der Waals surface area contributed by atoms with Crippen LogP contribution in [-0.4, -0.2) is 34.1 Å². The first kappa shape index (κ1) is 16.8. The van der Waals surface area contributed by atoms with Crippen molar-refractivity contribution in [1.82, 2.24) is 24.5 Å². The van der Waals surface area contributed by atoms with Gasteiger partial charge in [-0.3, -0.25) is 9.48 Å². The number of aromatic nitrogens is 4. The molecule has 1 amide bonds. The van der Waals surface area contributed by atoms with E-state index in [1.807, 2.05) is 4.72 Å². The zero-order valence-electron chi connectivity index (χ0n) is 12.3. The molecule has 3 aromatic rings. The van der Waals surface area contributed by atoms with Gasteiger partial charge in [0.15, 0.2) is 5.69 Å². The number of carbonyl (C=O) groups excluding carboxylic acids is 1. The van der Waals surface area contributed by atoms with Crippen LogP contribution in [0.15, 0.2) is 31.1 Å². The van der Waals surface area contributed by atoms with Crippen LogP contribution in [0.3, 0.4) is 0 Å². The predicted octanol–water partition coefficient (Wildman–Crippen LogP) is 1.72. The van der Waals surface area contributed by atoms with E-state index in [1.165, 1.54) is 18.5 Å².